The number of β-amino-alcohol motifs (C(OH)–C–C–N with tert-alkyl or cyclic N) is 2. The molecule has 0 bridgehead atoms. The van der Waals surface area contributed by atoms with Crippen molar-refractivity contribution in [1.29, 1.82) is 0 Å². The van der Waals surface area contributed by atoms with Crippen molar-refractivity contribution in [1.82, 2.24) is 4.90 Å². The average molecular weight is 310 g/mol. The van der Waals surface area contributed by atoms with Crippen LogP contribution < -0.4 is 10.5 Å². The third-order valence-corrected chi connectivity index (χ3v) is 3.75. The number of piperidine rings is 1. The molecule has 0 saturated carbocycles. The van der Waals surface area contributed by atoms with Gasteiger partial charge in [0.1, 0.15) is 23.4 Å². The summed E-state index contributed by atoms with van der Waals surface area (Å²) in [5, 5.41) is 19.7. The fourth-order valence-electron chi connectivity index (χ4n) is 2.53. The Morgan fingerprint density at radius 2 is 2.24 bits per heavy atom. The first kappa shape index (κ1) is 16.2. The first-order valence-electron chi connectivity index (χ1n) is 7.16. The summed E-state index contributed by atoms with van der Waals surface area (Å²) in [6.07, 6.45) is 0.889. The smallest absolute Gasteiger partial charge is 0.129 e. The Bertz CT molecular complexity index is 484. The molecule has 6 heteroatoms. The van der Waals surface area contributed by atoms with Crippen LogP contribution in [-0.2, 0) is 0 Å². The predicted molar refractivity (Wildman–Crippen MR) is 85.5 cm³/mol. The molecular weight excluding hydrogens is 288 g/mol. The van der Waals surface area contributed by atoms with Crippen LogP contribution in [0.25, 0.3) is 0 Å². The van der Waals surface area contributed by atoms with Gasteiger partial charge in [0.25, 0.3) is 0 Å². The van der Waals surface area contributed by atoms with Gasteiger partial charge in [0.05, 0.1) is 11.7 Å². The van der Waals surface area contributed by atoms with Gasteiger partial charge in [-0.05, 0) is 31.5 Å². The highest BCUT2D eigenvalue weighted by Gasteiger charge is 2.20. The summed E-state index contributed by atoms with van der Waals surface area (Å²) in [5.41, 5.74) is 6.31. The molecule has 0 amide bonds. The summed E-state index contributed by atoms with van der Waals surface area (Å²) < 4.78 is 5.62. The SMILES string of the molecule is NC(=S)c1ccccc1OCC(O)CN1CCCC(O)C1. The predicted octanol–water partition coefficient (Wildman–Crippen LogP) is 0.517. The lowest BCUT2D eigenvalue weighted by molar-refractivity contribution is 0.0243. The molecular formula is C15H22N2O3S. The van der Waals surface area contributed by atoms with Crippen molar-refractivity contribution in [3.8, 4) is 5.75 Å². The van der Waals surface area contributed by atoms with Gasteiger partial charge in [-0.3, -0.25) is 4.90 Å². The van der Waals surface area contributed by atoms with E-state index in [4.69, 9.17) is 22.7 Å². The van der Waals surface area contributed by atoms with Gasteiger partial charge in [-0.25, -0.2) is 0 Å². The molecule has 21 heavy (non-hydrogen) atoms. The van der Waals surface area contributed by atoms with Gasteiger partial charge in [0.15, 0.2) is 0 Å². The maximum atomic E-state index is 10.1. The molecule has 1 fully saturated rings. The van der Waals surface area contributed by atoms with Gasteiger partial charge in [0, 0.05) is 13.1 Å². The van der Waals surface area contributed by atoms with Crippen molar-refractivity contribution in [3.63, 3.8) is 0 Å². The number of rotatable bonds is 6. The van der Waals surface area contributed by atoms with Gasteiger partial charge < -0.3 is 20.7 Å². The summed E-state index contributed by atoms with van der Waals surface area (Å²) in [6.45, 7) is 2.18. The molecule has 116 valence electrons. The quantitative estimate of drug-likeness (QED) is 0.665. The zero-order chi connectivity index (χ0) is 15.2. The van der Waals surface area contributed by atoms with E-state index in [2.05, 4.69) is 4.90 Å². The van der Waals surface area contributed by atoms with E-state index in [1.807, 2.05) is 12.1 Å². The summed E-state index contributed by atoms with van der Waals surface area (Å²) in [5.74, 6) is 0.586. The Kier molecular flexibility index (Phi) is 5.93. The zero-order valence-electron chi connectivity index (χ0n) is 11.9. The molecule has 1 saturated heterocycles. The number of benzene rings is 1. The highest BCUT2D eigenvalue weighted by molar-refractivity contribution is 7.80. The first-order valence-corrected chi connectivity index (χ1v) is 7.57. The molecule has 0 spiro atoms. The van der Waals surface area contributed by atoms with Crippen molar-refractivity contribution in [3.05, 3.63) is 29.8 Å². The molecule has 0 aromatic heterocycles. The van der Waals surface area contributed by atoms with Crippen LogP contribution >= 0.6 is 12.2 Å². The lowest BCUT2D eigenvalue weighted by atomic mass is 10.1. The Hall–Kier alpha value is -1.21. The van der Waals surface area contributed by atoms with Gasteiger partial charge in [-0.2, -0.15) is 0 Å². The molecule has 1 aliphatic rings. The van der Waals surface area contributed by atoms with Gasteiger partial charge >= 0.3 is 0 Å². The molecule has 0 radical (unpaired) electrons. The maximum Gasteiger partial charge on any atom is 0.129 e. The van der Waals surface area contributed by atoms with E-state index in [-0.39, 0.29) is 17.7 Å². The van der Waals surface area contributed by atoms with E-state index >= 15 is 0 Å². The molecule has 1 aromatic rings. The maximum absolute atomic E-state index is 10.1. The van der Waals surface area contributed by atoms with Gasteiger partial charge in [0.2, 0.25) is 0 Å². The molecule has 5 nitrogen and oxygen atoms in total. The lowest BCUT2D eigenvalue weighted by Gasteiger charge is -2.31. The normalized spacial score (nSPS) is 21.0. The standard InChI is InChI=1S/C15H22N2O3S/c16-15(21)13-5-1-2-6-14(13)20-10-12(19)9-17-7-3-4-11(18)8-17/h1-2,5-6,11-12,18-19H,3-4,7-10H2,(H2,16,21). The summed E-state index contributed by atoms with van der Waals surface area (Å²) in [7, 11) is 0. The molecule has 2 rings (SSSR count). The van der Waals surface area contributed by atoms with E-state index in [9.17, 15) is 10.2 Å². The van der Waals surface area contributed by atoms with Crippen molar-refractivity contribution in [2.45, 2.75) is 25.0 Å². The van der Waals surface area contributed by atoms with E-state index in [0.29, 0.717) is 24.4 Å². The van der Waals surface area contributed by atoms with Crippen LogP contribution in [0, 0.1) is 0 Å². The van der Waals surface area contributed by atoms with Crippen LogP contribution in [0.3, 0.4) is 0 Å². The topological polar surface area (TPSA) is 79.0 Å². The van der Waals surface area contributed by atoms with Crippen LogP contribution in [0.2, 0.25) is 0 Å². The fourth-order valence-corrected chi connectivity index (χ4v) is 2.70. The van der Waals surface area contributed by atoms with Gasteiger partial charge in [-0.1, -0.05) is 24.4 Å². The number of nitrogens with zero attached hydrogens (tertiary/aromatic N) is 1. The zero-order valence-corrected chi connectivity index (χ0v) is 12.8. The Morgan fingerprint density at radius 3 is 2.95 bits per heavy atom. The fraction of sp³-hybridized carbons (Fsp3) is 0.533. The number of para-hydroxylation sites is 1. The Morgan fingerprint density at radius 1 is 1.48 bits per heavy atom. The minimum Gasteiger partial charge on any atom is -0.490 e. The van der Waals surface area contributed by atoms with Crippen LogP contribution in [0.4, 0.5) is 0 Å². The molecule has 1 aliphatic heterocycles. The molecule has 4 N–H and O–H groups in total. The number of aliphatic hydroxyl groups excluding tert-OH is 2. The van der Waals surface area contributed by atoms with Crippen molar-refractivity contribution < 1.29 is 14.9 Å². The van der Waals surface area contributed by atoms with E-state index in [1.165, 1.54) is 0 Å². The van der Waals surface area contributed by atoms with Crippen molar-refractivity contribution in [2.75, 3.05) is 26.2 Å². The van der Waals surface area contributed by atoms with Crippen LogP contribution in [0.15, 0.2) is 24.3 Å². The highest BCUT2D eigenvalue weighted by Crippen LogP contribution is 2.18. The third kappa shape index (κ3) is 4.93. The first-order chi connectivity index (χ1) is 10.1. The van der Waals surface area contributed by atoms with Crippen LogP contribution in [-0.4, -0.2) is 58.6 Å². The number of hydrogen-bond acceptors (Lipinski definition) is 5. The van der Waals surface area contributed by atoms with Gasteiger partial charge in [-0.15, -0.1) is 0 Å². The van der Waals surface area contributed by atoms with Crippen LogP contribution in [0.1, 0.15) is 18.4 Å². The number of likely N-dealkylation sites (tertiary alicyclic amines) is 1. The van der Waals surface area contributed by atoms with E-state index in [0.717, 1.165) is 19.4 Å². The monoisotopic (exact) mass is 310 g/mol. The molecule has 2 unspecified atom stereocenters. The number of aliphatic hydroxyl groups is 2. The second-order valence-corrected chi connectivity index (χ2v) is 5.82. The number of nitrogens with two attached hydrogens (primary N) is 1. The van der Waals surface area contributed by atoms with Crippen molar-refractivity contribution >= 4 is 17.2 Å². The number of hydrogen-bond donors (Lipinski definition) is 3. The minimum absolute atomic E-state index is 0.173. The number of ether oxygens (including phenoxy) is 1. The van der Waals surface area contributed by atoms with E-state index < -0.39 is 6.10 Å². The third-order valence-electron chi connectivity index (χ3n) is 3.53. The molecule has 1 aromatic carbocycles. The summed E-state index contributed by atoms with van der Waals surface area (Å²) in [4.78, 5) is 2.33. The lowest BCUT2D eigenvalue weighted by Crippen LogP contribution is -2.43. The van der Waals surface area contributed by atoms with E-state index in [1.54, 1.807) is 12.1 Å². The molecule has 0 aliphatic carbocycles. The second kappa shape index (κ2) is 7.70. The molecule has 2 atom stereocenters. The van der Waals surface area contributed by atoms with Crippen molar-refractivity contribution in [2.24, 2.45) is 5.73 Å². The summed E-state index contributed by atoms with van der Waals surface area (Å²) >= 11 is 4.97. The second-order valence-electron chi connectivity index (χ2n) is 5.38. The largest absolute Gasteiger partial charge is 0.490 e. The Labute approximate surface area is 130 Å². The van der Waals surface area contributed by atoms with Crippen LogP contribution in [0.5, 0.6) is 5.75 Å². The summed E-state index contributed by atoms with van der Waals surface area (Å²) in [6, 6.07) is 7.26. The average Bonchev–Trinajstić information content (AvgIpc) is 2.45. The Balaban J connectivity index is 1.84. The minimum atomic E-state index is -0.616. The number of thiocarbonyl (C=S) groups is 1. The molecule has 1 heterocycles. The highest BCUT2D eigenvalue weighted by atomic mass is 32.1.